The van der Waals surface area contributed by atoms with E-state index in [0.717, 1.165) is 0 Å². The van der Waals surface area contributed by atoms with Gasteiger partial charge in [-0.25, -0.2) is 17.5 Å². The Labute approximate surface area is 156 Å². The largest absolute Gasteiger partial charge is 0.490 e. The third-order valence-electron chi connectivity index (χ3n) is 4.84. The first-order chi connectivity index (χ1) is 12.9. The molecule has 6 nitrogen and oxygen atoms in total. The predicted octanol–water partition coefficient (Wildman–Crippen LogP) is 2.52. The van der Waals surface area contributed by atoms with Crippen molar-refractivity contribution in [3.8, 4) is 11.5 Å². The number of carbonyl (C=O) groups excluding carboxylic acids is 1. The molecule has 0 bridgehead atoms. The van der Waals surface area contributed by atoms with Crippen molar-refractivity contribution in [2.24, 2.45) is 0 Å². The molecule has 0 saturated heterocycles. The number of carbonyl (C=O) groups is 1. The number of ether oxygens (including phenoxy) is 2. The fraction of sp³-hybridized carbons (Fsp3) is 0.316. The van der Waals surface area contributed by atoms with Crippen LogP contribution in [0.5, 0.6) is 11.5 Å². The summed E-state index contributed by atoms with van der Waals surface area (Å²) in [6, 6.07) is 9.81. The van der Waals surface area contributed by atoms with Crippen molar-refractivity contribution in [1.82, 2.24) is 4.72 Å². The van der Waals surface area contributed by atoms with Gasteiger partial charge in [-0.05, 0) is 42.7 Å². The van der Waals surface area contributed by atoms with Gasteiger partial charge in [-0.1, -0.05) is 12.1 Å². The van der Waals surface area contributed by atoms with Crippen LogP contribution in [0.4, 0.5) is 4.39 Å². The fourth-order valence-electron chi connectivity index (χ4n) is 3.13. The Balaban J connectivity index is 1.57. The normalized spacial score (nSPS) is 17.7. The van der Waals surface area contributed by atoms with Gasteiger partial charge in [-0.3, -0.25) is 4.79 Å². The van der Waals surface area contributed by atoms with E-state index in [1.165, 1.54) is 42.5 Å². The van der Waals surface area contributed by atoms with E-state index in [1.54, 1.807) is 0 Å². The molecule has 2 aliphatic rings. The van der Waals surface area contributed by atoms with Gasteiger partial charge in [0.15, 0.2) is 11.5 Å². The zero-order valence-corrected chi connectivity index (χ0v) is 15.2. The molecule has 1 heterocycles. The average molecular weight is 391 g/mol. The van der Waals surface area contributed by atoms with E-state index in [0.29, 0.717) is 49.5 Å². The summed E-state index contributed by atoms with van der Waals surface area (Å²) in [5, 5.41) is 0. The third kappa shape index (κ3) is 3.37. The van der Waals surface area contributed by atoms with Crippen LogP contribution in [0.3, 0.4) is 0 Å². The highest BCUT2D eigenvalue weighted by atomic mass is 32.2. The van der Waals surface area contributed by atoms with Crippen LogP contribution in [0, 0.1) is 5.82 Å². The lowest BCUT2D eigenvalue weighted by molar-refractivity contribution is -0.121. The molecular weight excluding hydrogens is 373 g/mol. The first kappa shape index (κ1) is 17.8. The Morgan fingerprint density at radius 1 is 1.00 bits per heavy atom. The van der Waals surface area contributed by atoms with Gasteiger partial charge in [0.1, 0.15) is 5.82 Å². The van der Waals surface area contributed by atoms with Crippen molar-refractivity contribution in [2.45, 2.75) is 29.6 Å². The second-order valence-corrected chi connectivity index (χ2v) is 8.37. The number of amides is 1. The predicted molar refractivity (Wildman–Crippen MR) is 94.7 cm³/mol. The van der Waals surface area contributed by atoms with Crippen molar-refractivity contribution in [2.75, 3.05) is 13.2 Å². The maximum absolute atomic E-state index is 13.1. The van der Waals surface area contributed by atoms with Crippen LogP contribution in [0.25, 0.3) is 0 Å². The van der Waals surface area contributed by atoms with Crippen molar-refractivity contribution in [3.63, 3.8) is 0 Å². The van der Waals surface area contributed by atoms with Crippen LogP contribution < -0.4 is 14.2 Å². The van der Waals surface area contributed by atoms with E-state index in [1.807, 2.05) is 0 Å². The van der Waals surface area contributed by atoms with Gasteiger partial charge in [-0.2, -0.15) is 0 Å². The molecule has 1 N–H and O–H groups in total. The molecule has 2 aromatic carbocycles. The lowest BCUT2D eigenvalue weighted by Crippen LogP contribution is -2.38. The standard InChI is InChI=1S/C19H18FNO5S/c20-14-4-2-13(3-5-14)19(8-9-19)18(22)21-27(23,24)15-6-7-16-17(12-15)26-11-1-10-25-16/h2-7,12H,1,8-11H2,(H,21,22). The molecule has 4 rings (SSSR count). The Morgan fingerprint density at radius 3 is 2.33 bits per heavy atom. The molecule has 1 amide bonds. The first-order valence-electron chi connectivity index (χ1n) is 8.64. The molecule has 8 heteroatoms. The number of rotatable bonds is 4. The van der Waals surface area contributed by atoms with Crippen molar-refractivity contribution >= 4 is 15.9 Å². The lowest BCUT2D eigenvalue weighted by atomic mass is 9.95. The summed E-state index contributed by atoms with van der Waals surface area (Å²) in [5.74, 6) is -0.207. The van der Waals surface area contributed by atoms with E-state index in [2.05, 4.69) is 4.72 Å². The number of hydrogen-bond acceptors (Lipinski definition) is 5. The molecule has 0 radical (unpaired) electrons. The average Bonchev–Trinajstić information content (AvgIpc) is 3.46. The molecular formula is C19H18FNO5S. The lowest BCUT2D eigenvalue weighted by Gasteiger charge is -2.16. The molecule has 0 aromatic heterocycles. The highest BCUT2D eigenvalue weighted by molar-refractivity contribution is 7.90. The summed E-state index contributed by atoms with van der Waals surface area (Å²) >= 11 is 0. The Bertz CT molecular complexity index is 984. The van der Waals surface area contributed by atoms with E-state index < -0.39 is 27.2 Å². The summed E-state index contributed by atoms with van der Waals surface area (Å²) in [5.41, 5.74) is -0.318. The fourth-order valence-corrected chi connectivity index (χ4v) is 4.20. The maximum Gasteiger partial charge on any atom is 0.264 e. The van der Waals surface area contributed by atoms with Gasteiger partial charge in [0, 0.05) is 12.5 Å². The van der Waals surface area contributed by atoms with Gasteiger partial charge in [0.2, 0.25) is 5.91 Å². The molecule has 1 aliphatic heterocycles. The minimum atomic E-state index is -4.07. The highest BCUT2D eigenvalue weighted by Gasteiger charge is 2.52. The molecule has 0 spiro atoms. The summed E-state index contributed by atoms with van der Waals surface area (Å²) in [4.78, 5) is 12.6. The highest BCUT2D eigenvalue weighted by Crippen LogP contribution is 2.48. The summed E-state index contributed by atoms with van der Waals surface area (Å²) in [7, 11) is -4.07. The molecule has 0 atom stereocenters. The number of sulfonamides is 1. The van der Waals surface area contributed by atoms with Crippen LogP contribution in [-0.4, -0.2) is 27.5 Å². The monoisotopic (exact) mass is 391 g/mol. The molecule has 1 aliphatic carbocycles. The second kappa shape index (κ2) is 6.53. The van der Waals surface area contributed by atoms with Gasteiger partial charge in [-0.15, -0.1) is 0 Å². The number of nitrogens with one attached hydrogen (secondary N) is 1. The van der Waals surface area contributed by atoms with Crippen LogP contribution in [0.1, 0.15) is 24.8 Å². The van der Waals surface area contributed by atoms with Crippen LogP contribution >= 0.6 is 0 Å². The van der Waals surface area contributed by atoms with E-state index in [-0.39, 0.29) is 4.90 Å². The first-order valence-corrected chi connectivity index (χ1v) is 10.1. The van der Waals surface area contributed by atoms with Crippen LogP contribution in [0.2, 0.25) is 0 Å². The van der Waals surface area contributed by atoms with Crippen molar-refractivity contribution < 1.29 is 27.1 Å². The number of halogens is 1. The maximum atomic E-state index is 13.1. The van der Waals surface area contributed by atoms with E-state index in [9.17, 15) is 17.6 Å². The Hall–Kier alpha value is -2.61. The molecule has 1 fully saturated rings. The summed E-state index contributed by atoms with van der Waals surface area (Å²) in [6.07, 6.45) is 1.73. The smallest absolute Gasteiger partial charge is 0.264 e. The van der Waals surface area contributed by atoms with Crippen molar-refractivity contribution in [1.29, 1.82) is 0 Å². The number of fused-ring (bicyclic) bond motifs is 1. The van der Waals surface area contributed by atoms with Gasteiger partial charge in [0.05, 0.1) is 23.5 Å². The quantitative estimate of drug-likeness (QED) is 0.866. The van der Waals surface area contributed by atoms with E-state index >= 15 is 0 Å². The molecule has 1 saturated carbocycles. The van der Waals surface area contributed by atoms with Gasteiger partial charge >= 0.3 is 0 Å². The third-order valence-corrected chi connectivity index (χ3v) is 6.17. The topological polar surface area (TPSA) is 81.7 Å². The zero-order chi connectivity index (χ0) is 19.1. The van der Waals surface area contributed by atoms with Gasteiger partial charge < -0.3 is 9.47 Å². The SMILES string of the molecule is O=C(NS(=O)(=O)c1ccc2c(c1)OCCCO2)C1(c2ccc(F)cc2)CC1. The molecule has 2 aromatic rings. The Morgan fingerprint density at radius 2 is 1.67 bits per heavy atom. The summed E-state index contributed by atoms with van der Waals surface area (Å²) < 4.78 is 51.7. The number of hydrogen-bond donors (Lipinski definition) is 1. The minimum absolute atomic E-state index is 0.0741. The minimum Gasteiger partial charge on any atom is -0.490 e. The van der Waals surface area contributed by atoms with Crippen molar-refractivity contribution in [3.05, 3.63) is 53.8 Å². The Kier molecular flexibility index (Phi) is 4.30. The van der Waals surface area contributed by atoms with Crippen LogP contribution in [0.15, 0.2) is 47.4 Å². The molecule has 0 unspecified atom stereocenters. The van der Waals surface area contributed by atoms with Gasteiger partial charge in [0.25, 0.3) is 10.0 Å². The second-order valence-electron chi connectivity index (χ2n) is 6.68. The zero-order valence-electron chi connectivity index (χ0n) is 14.4. The van der Waals surface area contributed by atoms with E-state index in [4.69, 9.17) is 9.47 Å². The molecule has 27 heavy (non-hydrogen) atoms. The molecule has 142 valence electrons. The van der Waals surface area contributed by atoms with Crippen LogP contribution in [-0.2, 0) is 20.2 Å². The number of benzene rings is 2. The summed E-state index contributed by atoms with van der Waals surface area (Å²) in [6.45, 7) is 0.923.